The van der Waals surface area contributed by atoms with Crippen LogP contribution in [0.5, 0.6) is 0 Å². The Morgan fingerprint density at radius 2 is 2.00 bits per heavy atom. The summed E-state index contributed by atoms with van der Waals surface area (Å²) >= 11 is 8.43. The van der Waals surface area contributed by atoms with Gasteiger partial charge in [0.05, 0.1) is 0 Å². The van der Waals surface area contributed by atoms with E-state index in [9.17, 15) is 4.79 Å². The molecular formula is C8H17NaO2S2. The Hall–Kier alpha value is 1.17. The average Bonchev–Trinajstić information content (AvgIpc) is 1.98. The maximum Gasteiger partial charge on any atom is 1.00 e. The van der Waals surface area contributed by atoms with Gasteiger partial charge < -0.3 is 6.53 Å². The van der Waals surface area contributed by atoms with Gasteiger partial charge in [0.25, 0.3) is 0 Å². The number of hydrogen-bond acceptors (Lipinski definition) is 3. The van der Waals surface area contributed by atoms with E-state index in [0.29, 0.717) is 5.25 Å². The van der Waals surface area contributed by atoms with E-state index in [1.165, 1.54) is 0 Å². The molecule has 0 aliphatic heterocycles. The summed E-state index contributed by atoms with van der Waals surface area (Å²) in [6, 6.07) is 0. The number of unbranched alkanes of at least 4 members (excludes halogenated alkanes) is 1. The van der Waals surface area contributed by atoms with Gasteiger partial charge >= 0.3 is 35.5 Å². The van der Waals surface area contributed by atoms with Crippen LogP contribution in [0, 0.1) is 0 Å². The predicted molar refractivity (Wildman–Crippen MR) is 58.5 cm³/mol. The fourth-order valence-electron chi connectivity index (χ4n) is 0.950. The van der Waals surface area contributed by atoms with Crippen molar-refractivity contribution in [1.29, 1.82) is 0 Å². The molecule has 0 spiro atoms. The molecule has 0 bridgehead atoms. The average molecular weight is 232 g/mol. The van der Waals surface area contributed by atoms with Crippen molar-refractivity contribution >= 4 is 31.2 Å². The quantitative estimate of drug-likeness (QED) is 0.310. The summed E-state index contributed by atoms with van der Waals surface area (Å²) in [5.41, 5.74) is 0. The Balaban J connectivity index is -0.000000605. The molecule has 5 heteroatoms. The Morgan fingerprint density at radius 1 is 1.38 bits per heavy atom. The summed E-state index contributed by atoms with van der Waals surface area (Å²) in [6.45, 7) is 0. The van der Waals surface area contributed by atoms with Gasteiger partial charge in [0.15, 0.2) is 0 Å². The van der Waals surface area contributed by atoms with E-state index >= 15 is 0 Å². The molecule has 0 saturated heterocycles. The molecule has 0 amide bonds. The smallest absolute Gasteiger partial charge is 1.00 e. The maximum atomic E-state index is 10.1. The summed E-state index contributed by atoms with van der Waals surface area (Å²) in [5, 5.41) is 8.74. The third-order valence-electron chi connectivity index (χ3n) is 1.64. The number of hydrogen-bond donors (Lipinski definition) is 3. The van der Waals surface area contributed by atoms with Gasteiger partial charge in [0, 0.05) is 11.7 Å². The fraction of sp³-hybridized carbons (Fsp3) is 0.875. The molecule has 0 aromatic rings. The Bertz CT molecular complexity index is 139. The Morgan fingerprint density at radius 3 is 2.46 bits per heavy atom. The normalized spacial score (nSPS) is 11.8. The SMILES string of the molecule is O=C(O)CCCCC(S)CCS.[H-].[Na+]. The number of rotatable bonds is 7. The number of carboxylic acids is 1. The summed E-state index contributed by atoms with van der Waals surface area (Å²) in [6.07, 6.45) is 3.99. The fourth-order valence-corrected chi connectivity index (χ4v) is 1.78. The molecule has 1 N–H and O–H groups in total. The molecule has 0 heterocycles. The van der Waals surface area contributed by atoms with Crippen LogP contribution in [0.2, 0.25) is 0 Å². The van der Waals surface area contributed by atoms with Crippen molar-refractivity contribution in [3.05, 3.63) is 0 Å². The van der Waals surface area contributed by atoms with Crippen LogP contribution in [0.1, 0.15) is 33.5 Å². The van der Waals surface area contributed by atoms with E-state index in [0.717, 1.165) is 31.4 Å². The van der Waals surface area contributed by atoms with Crippen LogP contribution in [0.4, 0.5) is 0 Å². The van der Waals surface area contributed by atoms with Gasteiger partial charge in [-0.1, -0.05) is 6.42 Å². The van der Waals surface area contributed by atoms with Gasteiger partial charge in [-0.15, -0.1) is 0 Å². The standard InChI is InChI=1S/C8H16O2S2.Na.H/c9-8(10)4-2-1-3-7(12)5-6-11;;/h7,11-12H,1-6H2,(H,9,10);;/q;+1;-1. The van der Waals surface area contributed by atoms with E-state index in [4.69, 9.17) is 5.11 Å². The second-order valence-electron chi connectivity index (χ2n) is 2.81. The first-order chi connectivity index (χ1) is 5.66. The zero-order valence-corrected chi connectivity index (χ0v) is 11.9. The molecule has 0 aromatic heterocycles. The number of aliphatic carboxylic acids is 1. The van der Waals surface area contributed by atoms with Crippen molar-refractivity contribution in [2.24, 2.45) is 0 Å². The van der Waals surface area contributed by atoms with Crippen molar-refractivity contribution in [2.75, 3.05) is 5.75 Å². The van der Waals surface area contributed by atoms with Crippen LogP contribution in [0.3, 0.4) is 0 Å². The van der Waals surface area contributed by atoms with Crippen LogP contribution < -0.4 is 29.6 Å². The molecule has 2 nitrogen and oxygen atoms in total. The van der Waals surface area contributed by atoms with E-state index in [2.05, 4.69) is 25.3 Å². The molecule has 0 saturated carbocycles. The van der Waals surface area contributed by atoms with Gasteiger partial charge in [-0.2, -0.15) is 25.3 Å². The van der Waals surface area contributed by atoms with E-state index in [1.807, 2.05) is 0 Å². The molecule has 0 aromatic carbocycles. The Kier molecular flexibility index (Phi) is 14.4. The maximum absolute atomic E-state index is 10.1. The topological polar surface area (TPSA) is 37.3 Å². The van der Waals surface area contributed by atoms with Crippen molar-refractivity contribution in [3.63, 3.8) is 0 Å². The minimum Gasteiger partial charge on any atom is -1.00 e. The van der Waals surface area contributed by atoms with E-state index in [-0.39, 0.29) is 37.4 Å². The van der Waals surface area contributed by atoms with Gasteiger partial charge in [0.1, 0.15) is 0 Å². The van der Waals surface area contributed by atoms with Crippen molar-refractivity contribution in [2.45, 2.75) is 37.4 Å². The van der Waals surface area contributed by atoms with Crippen LogP contribution in [-0.2, 0) is 4.79 Å². The third kappa shape index (κ3) is 13.2. The van der Waals surface area contributed by atoms with Crippen LogP contribution in [0.15, 0.2) is 0 Å². The van der Waals surface area contributed by atoms with Crippen molar-refractivity contribution in [1.82, 2.24) is 0 Å². The zero-order chi connectivity index (χ0) is 9.40. The third-order valence-corrected chi connectivity index (χ3v) is 2.41. The second-order valence-corrected chi connectivity index (χ2v) is 3.98. The van der Waals surface area contributed by atoms with E-state index < -0.39 is 5.97 Å². The number of thiol groups is 2. The van der Waals surface area contributed by atoms with Crippen LogP contribution >= 0.6 is 25.3 Å². The zero-order valence-electron chi connectivity index (χ0n) is 9.07. The van der Waals surface area contributed by atoms with Crippen LogP contribution in [0.25, 0.3) is 0 Å². The molecule has 0 fully saturated rings. The van der Waals surface area contributed by atoms with E-state index in [1.54, 1.807) is 0 Å². The van der Waals surface area contributed by atoms with Crippen molar-refractivity contribution < 1.29 is 40.9 Å². The minimum absolute atomic E-state index is 0. The van der Waals surface area contributed by atoms with Crippen LogP contribution in [-0.4, -0.2) is 22.1 Å². The van der Waals surface area contributed by atoms with Gasteiger partial charge in [-0.25, -0.2) is 0 Å². The predicted octanol–water partition coefficient (Wildman–Crippen LogP) is -0.634. The summed E-state index contributed by atoms with van der Waals surface area (Å²) in [4.78, 5) is 10.1. The molecule has 0 aliphatic carbocycles. The molecule has 1 atom stereocenters. The summed E-state index contributed by atoms with van der Waals surface area (Å²) < 4.78 is 0. The largest absolute Gasteiger partial charge is 1.00 e. The molecule has 1 unspecified atom stereocenters. The minimum atomic E-state index is -0.708. The molecule has 13 heavy (non-hydrogen) atoms. The van der Waals surface area contributed by atoms with Gasteiger partial charge in [0.2, 0.25) is 0 Å². The second kappa shape index (κ2) is 11.2. The molecule has 0 rings (SSSR count). The first-order valence-corrected chi connectivity index (χ1v) is 5.32. The molecule has 74 valence electrons. The van der Waals surface area contributed by atoms with Gasteiger partial charge in [-0.05, 0) is 25.0 Å². The molecule has 0 radical (unpaired) electrons. The first kappa shape index (κ1) is 16.6. The first-order valence-electron chi connectivity index (χ1n) is 4.17. The number of carbonyl (C=O) groups is 1. The summed E-state index contributed by atoms with van der Waals surface area (Å²) in [7, 11) is 0. The number of carboxylic acid groups (broad SMARTS) is 1. The van der Waals surface area contributed by atoms with Crippen molar-refractivity contribution in [3.8, 4) is 0 Å². The molecule has 0 aliphatic rings. The molecular weight excluding hydrogens is 215 g/mol. The summed E-state index contributed by atoms with van der Waals surface area (Å²) in [5.74, 6) is 0.146. The monoisotopic (exact) mass is 232 g/mol. The van der Waals surface area contributed by atoms with Gasteiger partial charge in [-0.3, -0.25) is 4.79 Å². The Labute approximate surface area is 114 Å².